The molecule has 3 heterocycles. The van der Waals surface area contributed by atoms with E-state index in [-0.39, 0.29) is 5.82 Å². The van der Waals surface area contributed by atoms with Crippen LogP contribution in [0.4, 0.5) is 27.3 Å². The zero-order chi connectivity index (χ0) is 27.4. The minimum Gasteiger partial charge on any atom is -0.337 e. The standard InChI is InChI=1S/C31H21Cl2FN6/c1-18-27-28(21-11-5-6-12-24(21)34)39-26-14-8-7-13-25(26)36-29(35-19-15-16-22(32)23(33)17-19)31(39)37-30(27)40(38-18)20-9-3-2-4-10-20/h2-17,28H,1H3,(H,35,36)/t28-/m1/s1. The first kappa shape index (κ1) is 24.6. The highest BCUT2D eigenvalue weighted by Gasteiger charge is 2.42. The van der Waals surface area contributed by atoms with Crippen LogP contribution in [-0.4, -0.2) is 21.5 Å². The molecule has 1 N–H and O–H groups in total. The van der Waals surface area contributed by atoms with Crippen LogP contribution in [-0.2, 0) is 0 Å². The zero-order valence-corrected chi connectivity index (χ0v) is 22.7. The third-order valence-electron chi connectivity index (χ3n) is 7.02. The van der Waals surface area contributed by atoms with Crippen LogP contribution in [0.2, 0.25) is 10.0 Å². The highest BCUT2D eigenvalue weighted by molar-refractivity contribution is 6.52. The van der Waals surface area contributed by atoms with Crippen molar-refractivity contribution in [2.24, 2.45) is 9.98 Å². The van der Waals surface area contributed by atoms with E-state index >= 15 is 4.39 Å². The van der Waals surface area contributed by atoms with Crippen LogP contribution in [0.25, 0.3) is 5.69 Å². The molecule has 0 fully saturated rings. The average molecular weight is 567 g/mol. The van der Waals surface area contributed by atoms with Crippen LogP contribution < -0.4 is 10.2 Å². The minimum atomic E-state index is -0.552. The molecule has 0 saturated heterocycles. The largest absolute Gasteiger partial charge is 0.337 e. The van der Waals surface area contributed by atoms with Gasteiger partial charge in [0.25, 0.3) is 0 Å². The summed E-state index contributed by atoms with van der Waals surface area (Å²) in [6, 6.07) is 29.1. The molecule has 1 atom stereocenters. The van der Waals surface area contributed by atoms with E-state index in [0.717, 1.165) is 28.3 Å². The van der Waals surface area contributed by atoms with Crippen molar-refractivity contribution in [3.05, 3.63) is 130 Å². The van der Waals surface area contributed by atoms with E-state index in [4.69, 9.17) is 38.3 Å². The molecular weight excluding hydrogens is 546 g/mol. The fourth-order valence-corrected chi connectivity index (χ4v) is 5.55. The fourth-order valence-electron chi connectivity index (χ4n) is 5.25. The summed E-state index contributed by atoms with van der Waals surface area (Å²) in [4.78, 5) is 12.1. The van der Waals surface area contributed by atoms with Gasteiger partial charge >= 0.3 is 0 Å². The summed E-state index contributed by atoms with van der Waals surface area (Å²) in [5, 5.41) is 9.13. The topological polar surface area (TPSA) is 57.8 Å². The highest BCUT2D eigenvalue weighted by Crippen LogP contribution is 2.48. The van der Waals surface area contributed by atoms with E-state index in [1.807, 2.05) is 84.6 Å². The molecule has 0 radical (unpaired) electrons. The second-order valence-corrected chi connectivity index (χ2v) is 10.3. The lowest BCUT2D eigenvalue weighted by Gasteiger charge is -2.40. The lowest BCUT2D eigenvalue weighted by atomic mass is 9.93. The van der Waals surface area contributed by atoms with Crippen LogP contribution >= 0.6 is 23.2 Å². The lowest BCUT2D eigenvalue weighted by molar-refractivity contribution is 0.597. The molecule has 0 spiro atoms. The predicted octanol–water partition coefficient (Wildman–Crippen LogP) is 8.42. The van der Waals surface area contributed by atoms with Gasteiger partial charge in [0.2, 0.25) is 0 Å². The average Bonchev–Trinajstić information content (AvgIpc) is 3.31. The van der Waals surface area contributed by atoms with Crippen molar-refractivity contribution >= 4 is 57.8 Å². The Kier molecular flexibility index (Phi) is 5.91. The van der Waals surface area contributed by atoms with Gasteiger partial charge in [0.15, 0.2) is 17.5 Å². The van der Waals surface area contributed by atoms with E-state index in [1.165, 1.54) is 6.07 Å². The van der Waals surface area contributed by atoms with Crippen molar-refractivity contribution in [3.63, 3.8) is 0 Å². The number of nitrogens with one attached hydrogen (secondary N) is 1. The quantitative estimate of drug-likeness (QED) is 0.238. The minimum absolute atomic E-state index is 0.314. The molecule has 6 nitrogen and oxygen atoms in total. The fraction of sp³-hybridized carbons (Fsp3) is 0.0645. The number of aryl methyl sites for hydroxylation is 1. The Balaban J connectivity index is 1.50. The maximum Gasteiger partial charge on any atom is 0.179 e. The molecule has 0 aliphatic carbocycles. The van der Waals surface area contributed by atoms with E-state index < -0.39 is 6.04 Å². The summed E-state index contributed by atoms with van der Waals surface area (Å²) < 4.78 is 17.4. The summed E-state index contributed by atoms with van der Waals surface area (Å²) in [6.45, 7) is 1.94. The summed E-state index contributed by atoms with van der Waals surface area (Å²) >= 11 is 12.5. The van der Waals surface area contributed by atoms with E-state index in [2.05, 4.69) is 5.32 Å². The number of nitrogens with zero attached hydrogens (tertiary/aromatic N) is 5. The number of benzene rings is 4. The smallest absolute Gasteiger partial charge is 0.179 e. The van der Waals surface area contributed by atoms with E-state index in [9.17, 15) is 0 Å². The van der Waals surface area contributed by atoms with Gasteiger partial charge in [0.05, 0.1) is 38.8 Å². The van der Waals surface area contributed by atoms with Gasteiger partial charge in [-0.1, -0.05) is 71.7 Å². The van der Waals surface area contributed by atoms with Gasteiger partial charge < -0.3 is 10.2 Å². The molecule has 9 heteroatoms. The molecule has 2 aliphatic rings. The number of aliphatic imine (C=N–C) groups is 2. The Morgan fingerprint density at radius 2 is 1.57 bits per heavy atom. The Hall–Kier alpha value is -4.46. The van der Waals surface area contributed by atoms with Crippen LogP contribution in [0, 0.1) is 12.7 Å². The highest BCUT2D eigenvalue weighted by atomic mass is 35.5. The van der Waals surface area contributed by atoms with E-state index in [1.54, 1.807) is 22.9 Å². The van der Waals surface area contributed by atoms with Gasteiger partial charge in [0, 0.05) is 16.8 Å². The number of fused-ring (bicyclic) bond motifs is 4. The van der Waals surface area contributed by atoms with Crippen LogP contribution in [0.1, 0.15) is 22.9 Å². The normalized spacial score (nSPS) is 15.5. The number of hydrogen-bond donors (Lipinski definition) is 1. The van der Waals surface area contributed by atoms with Gasteiger partial charge in [-0.15, -0.1) is 0 Å². The summed E-state index contributed by atoms with van der Waals surface area (Å²) in [7, 11) is 0. The van der Waals surface area contributed by atoms with Crippen LogP contribution in [0.5, 0.6) is 0 Å². The first-order valence-corrected chi connectivity index (χ1v) is 13.4. The molecule has 0 bridgehead atoms. The van der Waals surface area contributed by atoms with Gasteiger partial charge in [-0.3, -0.25) is 0 Å². The number of hydrogen-bond acceptors (Lipinski definition) is 5. The second-order valence-electron chi connectivity index (χ2n) is 9.50. The Bertz CT molecular complexity index is 1850. The monoisotopic (exact) mass is 566 g/mol. The molecule has 1 aromatic heterocycles. The third kappa shape index (κ3) is 3.97. The Morgan fingerprint density at radius 1 is 0.825 bits per heavy atom. The van der Waals surface area contributed by atoms with Crippen molar-refractivity contribution in [2.45, 2.75) is 13.0 Å². The number of aromatic nitrogens is 2. The molecule has 0 unspecified atom stereocenters. The van der Waals surface area contributed by atoms with Crippen molar-refractivity contribution in [2.75, 3.05) is 10.2 Å². The predicted molar refractivity (Wildman–Crippen MR) is 160 cm³/mol. The molecule has 5 aromatic rings. The second kappa shape index (κ2) is 9.62. The molecular formula is C31H21Cl2FN6. The zero-order valence-electron chi connectivity index (χ0n) is 21.2. The first-order chi connectivity index (χ1) is 19.5. The summed E-state index contributed by atoms with van der Waals surface area (Å²) in [5.41, 5.74) is 5.17. The summed E-state index contributed by atoms with van der Waals surface area (Å²) in [5.74, 6) is 1.32. The Morgan fingerprint density at radius 3 is 2.38 bits per heavy atom. The molecule has 40 heavy (non-hydrogen) atoms. The Labute approximate surface area is 240 Å². The van der Waals surface area contributed by atoms with Gasteiger partial charge in [-0.2, -0.15) is 5.10 Å². The maximum absolute atomic E-state index is 15.6. The lowest BCUT2D eigenvalue weighted by Crippen LogP contribution is -2.46. The molecule has 4 aromatic carbocycles. The van der Waals surface area contributed by atoms with Gasteiger partial charge in [-0.05, 0) is 55.5 Å². The number of amidine groups is 2. The molecule has 2 aliphatic heterocycles. The van der Waals surface area contributed by atoms with Crippen molar-refractivity contribution in [1.29, 1.82) is 0 Å². The van der Waals surface area contributed by atoms with Crippen molar-refractivity contribution in [1.82, 2.24) is 9.78 Å². The van der Waals surface area contributed by atoms with Crippen molar-refractivity contribution < 1.29 is 4.39 Å². The number of para-hydroxylation sites is 3. The number of rotatable bonds is 3. The first-order valence-electron chi connectivity index (χ1n) is 12.7. The molecule has 196 valence electrons. The van der Waals surface area contributed by atoms with Crippen molar-refractivity contribution in [3.8, 4) is 5.69 Å². The third-order valence-corrected chi connectivity index (χ3v) is 7.76. The van der Waals surface area contributed by atoms with Crippen LogP contribution in [0.3, 0.4) is 0 Å². The number of halogens is 3. The van der Waals surface area contributed by atoms with Gasteiger partial charge in [0.1, 0.15) is 5.82 Å². The van der Waals surface area contributed by atoms with Crippen LogP contribution in [0.15, 0.2) is 107 Å². The SMILES string of the molecule is Cc1nn(-c2ccccc2)c2c1[C@@H](c1ccccc1F)N1C(=N2)C(Nc2ccc(Cl)c(Cl)c2)=Nc2ccccc21. The van der Waals surface area contributed by atoms with E-state index in [0.29, 0.717) is 38.8 Å². The van der Waals surface area contributed by atoms with Gasteiger partial charge in [-0.25, -0.2) is 19.1 Å². The maximum atomic E-state index is 15.6. The summed E-state index contributed by atoms with van der Waals surface area (Å²) in [6.07, 6.45) is 0. The molecule has 7 rings (SSSR count). The molecule has 0 saturated carbocycles. The molecule has 0 amide bonds. The number of anilines is 2.